The van der Waals surface area contributed by atoms with Gasteiger partial charge in [-0.2, -0.15) is 5.10 Å². The van der Waals surface area contributed by atoms with Gasteiger partial charge in [0.1, 0.15) is 5.69 Å². The minimum absolute atomic E-state index is 0.0801. The molecule has 5 heteroatoms. The minimum Gasteiger partial charge on any atom is -0.337 e. The van der Waals surface area contributed by atoms with Gasteiger partial charge < -0.3 is 10.2 Å². The molecule has 5 nitrogen and oxygen atoms in total. The summed E-state index contributed by atoms with van der Waals surface area (Å²) in [5, 5.41) is 7.56. The van der Waals surface area contributed by atoms with Crippen molar-refractivity contribution >= 4 is 5.91 Å². The fourth-order valence-corrected chi connectivity index (χ4v) is 2.67. The highest BCUT2D eigenvalue weighted by Crippen LogP contribution is 2.21. The predicted octanol–water partition coefficient (Wildman–Crippen LogP) is 1.93. The van der Waals surface area contributed by atoms with Crippen LogP contribution >= 0.6 is 0 Å². The molecule has 2 heterocycles. The molecule has 2 rings (SSSR count). The third-order valence-electron chi connectivity index (χ3n) is 4.06. The number of nitrogens with zero attached hydrogens (tertiary/aromatic N) is 3. The van der Waals surface area contributed by atoms with Gasteiger partial charge in [-0.3, -0.25) is 9.48 Å². The molecule has 0 spiro atoms. The van der Waals surface area contributed by atoms with E-state index in [-0.39, 0.29) is 5.91 Å². The molecular weight excluding hydrogens is 252 g/mol. The molecule has 0 radical (unpaired) electrons. The number of rotatable bonds is 5. The van der Waals surface area contributed by atoms with E-state index >= 15 is 0 Å². The normalized spacial score (nSPS) is 16.9. The first-order valence-electron chi connectivity index (χ1n) is 7.61. The average Bonchev–Trinajstić information content (AvgIpc) is 2.95. The van der Waals surface area contributed by atoms with Crippen molar-refractivity contribution in [2.45, 2.75) is 39.2 Å². The van der Waals surface area contributed by atoms with Crippen LogP contribution in [0, 0.1) is 5.92 Å². The van der Waals surface area contributed by atoms with Crippen molar-refractivity contribution in [1.82, 2.24) is 20.0 Å². The lowest BCUT2D eigenvalue weighted by atomic mass is 9.93. The van der Waals surface area contributed by atoms with Gasteiger partial charge in [-0.25, -0.2) is 0 Å². The number of carbonyl (C=O) groups is 1. The Hall–Kier alpha value is -1.36. The van der Waals surface area contributed by atoms with Crippen LogP contribution in [-0.4, -0.2) is 47.3 Å². The summed E-state index contributed by atoms with van der Waals surface area (Å²) in [6.07, 6.45) is 5.31. The van der Waals surface area contributed by atoms with Crippen LogP contribution in [0.15, 0.2) is 12.3 Å². The second-order valence-corrected chi connectivity index (χ2v) is 5.90. The first-order chi connectivity index (χ1) is 9.61. The Bertz CT molecular complexity index is 433. The maximum atomic E-state index is 12.4. The zero-order valence-electron chi connectivity index (χ0n) is 12.8. The number of nitrogens with one attached hydrogen (secondary N) is 1. The van der Waals surface area contributed by atoms with Crippen LogP contribution in [0.25, 0.3) is 0 Å². The lowest BCUT2D eigenvalue weighted by Crippen LogP contribution is -2.39. The number of amides is 1. The maximum absolute atomic E-state index is 12.4. The Morgan fingerprint density at radius 2 is 2.15 bits per heavy atom. The van der Waals surface area contributed by atoms with Gasteiger partial charge in [0.2, 0.25) is 0 Å². The molecule has 20 heavy (non-hydrogen) atoms. The molecular formula is C15H26N4O. The molecule has 1 fully saturated rings. The highest BCUT2D eigenvalue weighted by Gasteiger charge is 2.24. The summed E-state index contributed by atoms with van der Waals surface area (Å²) < 4.78 is 1.84. The molecule has 1 aromatic rings. The SMILES string of the molecule is CNCCC1CCN(C(=O)c2ccn(C(C)C)n2)CC1. The van der Waals surface area contributed by atoms with Crippen molar-refractivity contribution in [3.8, 4) is 0 Å². The molecule has 0 atom stereocenters. The lowest BCUT2D eigenvalue weighted by molar-refractivity contribution is 0.0680. The summed E-state index contributed by atoms with van der Waals surface area (Å²) in [5.74, 6) is 0.830. The standard InChI is InChI=1S/C15H26N4O/c1-12(2)19-11-7-14(17-19)15(20)18-9-5-13(6-10-18)4-8-16-3/h7,11-13,16H,4-6,8-10H2,1-3H3. The van der Waals surface area contributed by atoms with E-state index in [1.807, 2.05) is 28.9 Å². The summed E-state index contributed by atoms with van der Waals surface area (Å²) in [6.45, 7) is 6.92. The molecule has 1 aliphatic rings. The fourth-order valence-electron chi connectivity index (χ4n) is 2.67. The Balaban J connectivity index is 1.87. The van der Waals surface area contributed by atoms with E-state index in [2.05, 4.69) is 24.3 Å². The largest absolute Gasteiger partial charge is 0.337 e. The van der Waals surface area contributed by atoms with E-state index in [1.54, 1.807) is 0 Å². The van der Waals surface area contributed by atoms with Gasteiger partial charge in [0.15, 0.2) is 0 Å². The first kappa shape index (κ1) is 15.0. The summed E-state index contributed by atoms with van der Waals surface area (Å²) in [4.78, 5) is 14.3. The second kappa shape index (κ2) is 6.88. The molecule has 0 aliphatic carbocycles. The second-order valence-electron chi connectivity index (χ2n) is 5.90. The highest BCUT2D eigenvalue weighted by atomic mass is 16.2. The molecule has 1 aliphatic heterocycles. The zero-order valence-corrected chi connectivity index (χ0v) is 12.8. The van der Waals surface area contributed by atoms with Crippen LogP contribution in [0.2, 0.25) is 0 Å². The maximum Gasteiger partial charge on any atom is 0.274 e. The van der Waals surface area contributed by atoms with Crippen molar-refractivity contribution in [3.05, 3.63) is 18.0 Å². The van der Waals surface area contributed by atoms with Crippen molar-refractivity contribution < 1.29 is 4.79 Å². The number of hydrogen-bond acceptors (Lipinski definition) is 3. The first-order valence-corrected chi connectivity index (χ1v) is 7.61. The predicted molar refractivity (Wildman–Crippen MR) is 79.8 cm³/mol. The number of likely N-dealkylation sites (tertiary alicyclic amines) is 1. The highest BCUT2D eigenvalue weighted by molar-refractivity contribution is 5.92. The van der Waals surface area contributed by atoms with Crippen molar-refractivity contribution in [2.24, 2.45) is 5.92 Å². The molecule has 0 saturated carbocycles. The van der Waals surface area contributed by atoms with E-state index < -0.39 is 0 Å². The van der Waals surface area contributed by atoms with Gasteiger partial charge in [-0.1, -0.05) is 0 Å². The smallest absolute Gasteiger partial charge is 0.274 e. The summed E-state index contributed by atoms with van der Waals surface area (Å²) in [5.41, 5.74) is 0.576. The van der Waals surface area contributed by atoms with E-state index in [4.69, 9.17) is 0 Å². The summed E-state index contributed by atoms with van der Waals surface area (Å²) in [6, 6.07) is 2.12. The molecule has 0 bridgehead atoms. The Morgan fingerprint density at radius 3 is 2.70 bits per heavy atom. The van der Waals surface area contributed by atoms with Crippen LogP contribution in [0.4, 0.5) is 0 Å². The van der Waals surface area contributed by atoms with Gasteiger partial charge >= 0.3 is 0 Å². The van der Waals surface area contributed by atoms with Gasteiger partial charge in [0, 0.05) is 25.3 Å². The van der Waals surface area contributed by atoms with E-state index in [0.29, 0.717) is 11.7 Å². The van der Waals surface area contributed by atoms with Gasteiger partial charge in [0.05, 0.1) is 0 Å². The number of piperidine rings is 1. The quantitative estimate of drug-likeness (QED) is 0.895. The average molecular weight is 278 g/mol. The number of aromatic nitrogens is 2. The lowest BCUT2D eigenvalue weighted by Gasteiger charge is -2.31. The Morgan fingerprint density at radius 1 is 1.45 bits per heavy atom. The van der Waals surface area contributed by atoms with Crippen LogP contribution in [0.3, 0.4) is 0 Å². The van der Waals surface area contributed by atoms with E-state index in [0.717, 1.165) is 38.4 Å². The molecule has 1 aromatic heterocycles. The Kier molecular flexibility index (Phi) is 5.17. The molecule has 0 aromatic carbocycles. The third kappa shape index (κ3) is 3.60. The van der Waals surface area contributed by atoms with E-state index in [1.165, 1.54) is 6.42 Å². The van der Waals surface area contributed by atoms with Gasteiger partial charge in [0.25, 0.3) is 5.91 Å². The van der Waals surface area contributed by atoms with Crippen LogP contribution in [0.1, 0.15) is 49.6 Å². The molecule has 112 valence electrons. The van der Waals surface area contributed by atoms with E-state index in [9.17, 15) is 4.79 Å². The van der Waals surface area contributed by atoms with Gasteiger partial charge in [-0.15, -0.1) is 0 Å². The third-order valence-corrected chi connectivity index (χ3v) is 4.06. The molecule has 1 amide bonds. The minimum atomic E-state index is 0.0801. The number of carbonyl (C=O) groups excluding carboxylic acids is 1. The molecule has 1 saturated heterocycles. The monoisotopic (exact) mass is 278 g/mol. The topological polar surface area (TPSA) is 50.2 Å². The molecule has 1 N–H and O–H groups in total. The van der Waals surface area contributed by atoms with Crippen LogP contribution in [0.5, 0.6) is 0 Å². The fraction of sp³-hybridized carbons (Fsp3) is 0.733. The molecule has 0 unspecified atom stereocenters. The summed E-state index contributed by atoms with van der Waals surface area (Å²) in [7, 11) is 1.99. The van der Waals surface area contributed by atoms with Gasteiger partial charge in [-0.05, 0) is 58.7 Å². The summed E-state index contributed by atoms with van der Waals surface area (Å²) >= 11 is 0. The Labute approximate surface area is 121 Å². The van der Waals surface area contributed by atoms with Crippen molar-refractivity contribution in [1.29, 1.82) is 0 Å². The van der Waals surface area contributed by atoms with Crippen LogP contribution in [-0.2, 0) is 0 Å². The van der Waals surface area contributed by atoms with Crippen molar-refractivity contribution in [2.75, 3.05) is 26.7 Å². The van der Waals surface area contributed by atoms with Crippen molar-refractivity contribution in [3.63, 3.8) is 0 Å². The van der Waals surface area contributed by atoms with Crippen LogP contribution < -0.4 is 5.32 Å². The number of hydrogen-bond donors (Lipinski definition) is 1. The zero-order chi connectivity index (χ0) is 14.5.